The Hall–Kier alpha value is -1.61. The SMILES string of the molecule is O=C(NC1(c2ccccc2)CCCC1)c1ccc(Br)cc1. The van der Waals surface area contributed by atoms with E-state index in [9.17, 15) is 4.79 Å². The van der Waals surface area contributed by atoms with Gasteiger partial charge in [-0.25, -0.2) is 0 Å². The van der Waals surface area contributed by atoms with Crippen LogP contribution in [0.15, 0.2) is 59.1 Å². The molecular weight excluding hydrogens is 326 g/mol. The number of nitrogens with one attached hydrogen (secondary N) is 1. The third-order valence-electron chi connectivity index (χ3n) is 4.24. The van der Waals surface area contributed by atoms with Gasteiger partial charge in [0.25, 0.3) is 5.91 Å². The first kappa shape index (κ1) is 14.3. The summed E-state index contributed by atoms with van der Waals surface area (Å²) in [6.45, 7) is 0. The number of halogens is 1. The van der Waals surface area contributed by atoms with Gasteiger partial charge in [-0.15, -0.1) is 0 Å². The van der Waals surface area contributed by atoms with Crippen molar-refractivity contribution >= 4 is 21.8 Å². The molecule has 0 saturated heterocycles. The van der Waals surface area contributed by atoms with Crippen LogP contribution in [-0.2, 0) is 5.54 Å². The van der Waals surface area contributed by atoms with Crippen LogP contribution in [0.1, 0.15) is 41.6 Å². The van der Waals surface area contributed by atoms with Gasteiger partial charge in [0.05, 0.1) is 5.54 Å². The second kappa shape index (κ2) is 6.02. The number of carbonyl (C=O) groups excluding carboxylic acids is 1. The van der Waals surface area contributed by atoms with Crippen LogP contribution in [0.4, 0.5) is 0 Å². The van der Waals surface area contributed by atoms with Gasteiger partial charge in [-0.05, 0) is 42.7 Å². The Morgan fingerprint density at radius 2 is 1.57 bits per heavy atom. The van der Waals surface area contributed by atoms with Crippen molar-refractivity contribution in [3.63, 3.8) is 0 Å². The lowest BCUT2D eigenvalue weighted by Gasteiger charge is -2.31. The second-order valence-electron chi connectivity index (χ2n) is 5.62. The van der Waals surface area contributed by atoms with Crippen molar-refractivity contribution < 1.29 is 4.79 Å². The lowest BCUT2D eigenvalue weighted by atomic mass is 9.88. The van der Waals surface area contributed by atoms with Crippen LogP contribution >= 0.6 is 15.9 Å². The molecule has 0 spiro atoms. The molecule has 0 radical (unpaired) electrons. The predicted molar refractivity (Wildman–Crippen MR) is 88.2 cm³/mol. The second-order valence-corrected chi connectivity index (χ2v) is 6.53. The van der Waals surface area contributed by atoms with E-state index in [2.05, 4.69) is 33.4 Å². The monoisotopic (exact) mass is 343 g/mol. The molecule has 0 aliphatic heterocycles. The minimum absolute atomic E-state index is 0.00764. The van der Waals surface area contributed by atoms with Gasteiger partial charge in [-0.1, -0.05) is 59.1 Å². The van der Waals surface area contributed by atoms with Crippen LogP contribution in [0.25, 0.3) is 0 Å². The minimum atomic E-state index is -0.203. The summed E-state index contributed by atoms with van der Waals surface area (Å²) in [7, 11) is 0. The van der Waals surface area contributed by atoms with Crippen LogP contribution in [0.3, 0.4) is 0 Å². The fourth-order valence-corrected chi connectivity index (χ4v) is 3.38. The van der Waals surface area contributed by atoms with Gasteiger partial charge in [0, 0.05) is 10.0 Å². The van der Waals surface area contributed by atoms with Crippen LogP contribution in [0, 0.1) is 0 Å². The number of amides is 1. The first-order valence-corrected chi connectivity index (χ1v) is 8.13. The maximum Gasteiger partial charge on any atom is 0.251 e. The zero-order valence-corrected chi connectivity index (χ0v) is 13.4. The van der Waals surface area contributed by atoms with Crippen molar-refractivity contribution in [2.45, 2.75) is 31.2 Å². The quantitative estimate of drug-likeness (QED) is 0.863. The third kappa shape index (κ3) is 3.03. The average Bonchev–Trinajstić information content (AvgIpc) is 2.98. The highest BCUT2D eigenvalue weighted by Crippen LogP contribution is 2.38. The Bertz CT molecular complexity index is 615. The highest BCUT2D eigenvalue weighted by atomic mass is 79.9. The molecule has 2 aromatic carbocycles. The van der Waals surface area contributed by atoms with E-state index < -0.39 is 0 Å². The van der Waals surface area contributed by atoms with E-state index in [1.807, 2.05) is 42.5 Å². The van der Waals surface area contributed by atoms with Crippen LogP contribution in [0.2, 0.25) is 0 Å². The van der Waals surface area contributed by atoms with E-state index in [1.54, 1.807) is 0 Å². The summed E-state index contributed by atoms with van der Waals surface area (Å²) < 4.78 is 0.984. The van der Waals surface area contributed by atoms with Crippen LogP contribution < -0.4 is 5.32 Å². The molecule has 0 unspecified atom stereocenters. The molecule has 2 aromatic rings. The van der Waals surface area contributed by atoms with E-state index in [0.717, 1.165) is 30.2 Å². The van der Waals surface area contributed by atoms with Crippen LogP contribution in [-0.4, -0.2) is 5.91 Å². The van der Waals surface area contributed by atoms with Gasteiger partial charge in [-0.3, -0.25) is 4.79 Å². The van der Waals surface area contributed by atoms with E-state index in [0.29, 0.717) is 5.56 Å². The number of benzene rings is 2. The molecule has 3 rings (SSSR count). The van der Waals surface area contributed by atoms with Gasteiger partial charge < -0.3 is 5.32 Å². The van der Waals surface area contributed by atoms with Gasteiger partial charge >= 0.3 is 0 Å². The first-order chi connectivity index (χ1) is 10.2. The normalized spacial score (nSPS) is 16.6. The Morgan fingerprint density at radius 3 is 2.19 bits per heavy atom. The molecule has 21 heavy (non-hydrogen) atoms. The van der Waals surface area contributed by atoms with Gasteiger partial charge in [0.1, 0.15) is 0 Å². The predicted octanol–water partition coefficient (Wildman–Crippen LogP) is 4.65. The van der Waals surface area contributed by atoms with Crippen molar-refractivity contribution in [2.24, 2.45) is 0 Å². The van der Waals surface area contributed by atoms with Crippen molar-refractivity contribution in [1.29, 1.82) is 0 Å². The van der Waals surface area contributed by atoms with Gasteiger partial charge in [0.2, 0.25) is 0 Å². The largest absolute Gasteiger partial charge is 0.343 e. The Labute approximate surface area is 133 Å². The zero-order valence-electron chi connectivity index (χ0n) is 11.8. The lowest BCUT2D eigenvalue weighted by molar-refractivity contribution is 0.0898. The number of hydrogen-bond acceptors (Lipinski definition) is 1. The molecular formula is C18H18BrNO. The molecule has 1 aliphatic rings. The average molecular weight is 344 g/mol. The molecule has 1 N–H and O–H groups in total. The molecule has 0 heterocycles. The Balaban J connectivity index is 1.86. The molecule has 1 amide bonds. The van der Waals surface area contributed by atoms with E-state index in [-0.39, 0.29) is 11.4 Å². The molecule has 0 atom stereocenters. The maximum absolute atomic E-state index is 12.6. The summed E-state index contributed by atoms with van der Waals surface area (Å²) in [5, 5.41) is 3.29. The number of rotatable bonds is 3. The van der Waals surface area contributed by atoms with E-state index >= 15 is 0 Å². The highest BCUT2D eigenvalue weighted by molar-refractivity contribution is 9.10. The summed E-state index contributed by atoms with van der Waals surface area (Å²) in [6, 6.07) is 17.9. The fraction of sp³-hybridized carbons (Fsp3) is 0.278. The molecule has 1 saturated carbocycles. The first-order valence-electron chi connectivity index (χ1n) is 7.33. The summed E-state index contributed by atoms with van der Waals surface area (Å²) in [5.41, 5.74) is 1.72. The maximum atomic E-state index is 12.6. The van der Waals surface area contributed by atoms with E-state index in [4.69, 9.17) is 0 Å². The van der Waals surface area contributed by atoms with E-state index in [1.165, 1.54) is 5.56 Å². The van der Waals surface area contributed by atoms with Crippen molar-refractivity contribution in [3.05, 3.63) is 70.2 Å². The summed E-state index contributed by atoms with van der Waals surface area (Å²) in [5.74, 6) is 0.00764. The van der Waals surface area contributed by atoms with Gasteiger partial charge in [0.15, 0.2) is 0 Å². The molecule has 1 fully saturated rings. The zero-order chi connectivity index (χ0) is 14.7. The minimum Gasteiger partial charge on any atom is -0.343 e. The summed E-state index contributed by atoms with van der Waals surface area (Å²) in [4.78, 5) is 12.6. The Kier molecular flexibility index (Phi) is 4.11. The summed E-state index contributed by atoms with van der Waals surface area (Å²) in [6.07, 6.45) is 4.35. The number of carbonyl (C=O) groups is 1. The van der Waals surface area contributed by atoms with Crippen molar-refractivity contribution in [2.75, 3.05) is 0 Å². The molecule has 0 bridgehead atoms. The number of hydrogen-bond donors (Lipinski definition) is 1. The van der Waals surface area contributed by atoms with Crippen molar-refractivity contribution in [3.8, 4) is 0 Å². The van der Waals surface area contributed by atoms with Crippen molar-refractivity contribution in [1.82, 2.24) is 5.32 Å². The molecule has 108 valence electrons. The third-order valence-corrected chi connectivity index (χ3v) is 4.77. The summed E-state index contributed by atoms with van der Waals surface area (Å²) >= 11 is 3.40. The topological polar surface area (TPSA) is 29.1 Å². The molecule has 0 aromatic heterocycles. The molecule has 1 aliphatic carbocycles. The smallest absolute Gasteiger partial charge is 0.251 e. The fourth-order valence-electron chi connectivity index (χ4n) is 3.11. The van der Waals surface area contributed by atoms with Gasteiger partial charge in [-0.2, -0.15) is 0 Å². The van der Waals surface area contributed by atoms with Crippen LogP contribution in [0.5, 0.6) is 0 Å². The molecule has 3 heteroatoms. The Morgan fingerprint density at radius 1 is 0.952 bits per heavy atom. The standard InChI is InChI=1S/C18H18BrNO/c19-16-10-8-14(9-11-16)17(21)20-18(12-4-5-13-18)15-6-2-1-3-7-15/h1-3,6-11H,4-5,12-13H2,(H,20,21). The molecule has 2 nitrogen and oxygen atoms in total. The highest BCUT2D eigenvalue weighted by Gasteiger charge is 2.36. The lowest BCUT2D eigenvalue weighted by Crippen LogP contribution is -2.43.